The predicted octanol–water partition coefficient (Wildman–Crippen LogP) is 4.09. The summed E-state index contributed by atoms with van der Waals surface area (Å²) in [6.45, 7) is 6.77. The minimum absolute atomic E-state index is 0.0372. The SMILES string of the molecule is COc1cccc(C2CC(C(C)(C)C)CCC2N)c1F. The molecule has 1 aliphatic carbocycles. The highest BCUT2D eigenvalue weighted by Gasteiger charge is 2.36. The fourth-order valence-electron chi connectivity index (χ4n) is 3.31. The molecule has 0 aliphatic heterocycles. The molecular formula is C17H26FNO. The minimum Gasteiger partial charge on any atom is -0.494 e. The topological polar surface area (TPSA) is 35.2 Å². The molecule has 0 radical (unpaired) electrons. The van der Waals surface area contributed by atoms with Crippen molar-refractivity contribution in [1.82, 2.24) is 0 Å². The second kappa shape index (κ2) is 5.72. The lowest BCUT2D eigenvalue weighted by atomic mass is 9.66. The third-order valence-corrected chi connectivity index (χ3v) is 4.74. The van der Waals surface area contributed by atoms with Gasteiger partial charge in [-0.05, 0) is 42.2 Å². The Bertz CT molecular complexity index is 467. The molecular weight excluding hydrogens is 253 g/mol. The van der Waals surface area contributed by atoms with Crippen LogP contribution < -0.4 is 10.5 Å². The molecule has 20 heavy (non-hydrogen) atoms. The second-order valence-corrected chi connectivity index (χ2v) is 7.01. The van der Waals surface area contributed by atoms with Gasteiger partial charge in [-0.1, -0.05) is 32.9 Å². The second-order valence-electron chi connectivity index (χ2n) is 7.01. The summed E-state index contributed by atoms with van der Waals surface area (Å²) in [5.41, 5.74) is 7.23. The Labute approximate surface area is 121 Å². The Morgan fingerprint density at radius 2 is 1.95 bits per heavy atom. The van der Waals surface area contributed by atoms with Crippen LogP contribution >= 0.6 is 0 Å². The monoisotopic (exact) mass is 279 g/mol. The summed E-state index contributed by atoms with van der Waals surface area (Å²) >= 11 is 0. The molecule has 2 nitrogen and oxygen atoms in total. The van der Waals surface area contributed by atoms with Crippen LogP contribution in [0.5, 0.6) is 5.75 Å². The number of hydrogen-bond donors (Lipinski definition) is 1. The molecule has 0 spiro atoms. The molecule has 2 N–H and O–H groups in total. The van der Waals surface area contributed by atoms with Gasteiger partial charge in [0, 0.05) is 12.0 Å². The third kappa shape index (κ3) is 2.98. The smallest absolute Gasteiger partial charge is 0.168 e. The van der Waals surface area contributed by atoms with Crippen molar-refractivity contribution in [3.8, 4) is 5.75 Å². The molecule has 2 rings (SSSR count). The molecule has 0 heterocycles. The van der Waals surface area contributed by atoms with E-state index in [4.69, 9.17) is 10.5 Å². The van der Waals surface area contributed by atoms with Gasteiger partial charge in [0.05, 0.1) is 7.11 Å². The number of hydrogen-bond acceptors (Lipinski definition) is 2. The Balaban J connectivity index is 2.30. The summed E-state index contributed by atoms with van der Waals surface area (Å²) in [6.07, 6.45) is 3.05. The zero-order valence-corrected chi connectivity index (χ0v) is 12.9. The van der Waals surface area contributed by atoms with Gasteiger partial charge in [0.2, 0.25) is 0 Å². The van der Waals surface area contributed by atoms with Crippen LogP contribution in [0.2, 0.25) is 0 Å². The van der Waals surface area contributed by atoms with E-state index in [1.165, 1.54) is 7.11 Å². The molecule has 0 amide bonds. The fraction of sp³-hybridized carbons (Fsp3) is 0.647. The highest BCUT2D eigenvalue weighted by Crippen LogP contribution is 2.44. The minimum atomic E-state index is -0.245. The van der Waals surface area contributed by atoms with Gasteiger partial charge in [0.25, 0.3) is 0 Å². The van der Waals surface area contributed by atoms with Gasteiger partial charge in [-0.3, -0.25) is 0 Å². The standard InChI is InChI=1S/C17H26FNO/c1-17(2,3)11-8-9-14(19)13(10-11)12-6-5-7-15(20-4)16(12)18/h5-7,11,13-14H,8-10,19H2,1-4H3. The van der Waals surface area contributed by atoms with Crippen LogP contribution in [0.25, 0.3) is 0 Å². The predicted molar refractivity (Wildman–Crippen MR) is 80.5 cm³/mol. The Morgan fingerprint density at radius 1 is 1.25 bits per heavy atom. The molecule has 1 fully saturated rings. The molecule has 112 valence electrons. The maximum atomic E-state index is 14.5. The lowest BCUT2D eigenvalue weighted by Crippen LogP contribution is -2.38. The van der Waals surface area contributed by atoms with E-state index in [2.05, 4.69) is 20.8 Å². The number of nitrogens with two attached hydrogens (primary N) is 1. The van der Waals surface area contributed by atoms with Gasteiger partial charge in [0.1, 0.15) is 0 Å². The van der Waals surface area contributed by atoms with E-state index in [-0.39, 0.29) is 23.2 Å². The fourth-order valence-corrected chi connectivity index (χ4v) is 3.31. The van der Waals surface area contributed by atoms with Gasteiger partial charge >= 0.3 is 0 Å². The highest BCUT2D eigenvalue weighted by atomic mass is 19.1. The zero-order chi connectivity index (χ0) is 14.9. The van der Waals surface area contributed by atoms with Crippen LogP contribution in [-0.4, -0.2) is 13.2 Å². The quantitative estimate of drug-likeness (QED) is 0.885. The van der Waals surface area contributed by atoms with E-state index < -0.39 is 0 Å². The number of halogens is 1. The van der Waals surface area contributed by atoms with Crippen LogP contribution in [0.15, 0.2) is 18.2 Å². The van der Waals surface area contributed by atoms with Crippen LogP contribution in [0.4, 0.5) is 4.39 Å². The van der Waals surface area contributed by atoms with Crippen molar-refractivity contribution < 1.29 is 9.13 Å². The molecule has 3 atom stereocenters. The van der Waals surface area contributed by atoms with Gasteiger partial charge in [-0.25, -0.2) is 4.39 Å². The van der Waals surface area contributed by atoms with Crippen molar-refractivity contribution in [2.24, 2.45) is 17.1 Å². The van der Waals surface area contributed by atoms with Crippen LogP contribution in [0.3, 0.4) is 0 Å². The molecule has 1 saturated carbocycles. The summed E-state index contributed by atoms with van der Waals surface area (Å²) in [4.78, 5) is 0. The third-order valence-electron chi connectivity index (χ3n) is 4.74. The van der Waals surface area contributed by atoms with E-state index in [9.17, 15) is 4.39 Å². The average Bonchev–Trinajstić information content (AvgIpc) is 2.38. The largest absolute Gasteiger partial charge is 0.494 e. The van der Waals surface area contributed by atoms with Crippen molar-refractivity contribution in [2.45, 2.75) is 52.0 Å². The van der Waals surface area contributed by atoms with Gasteiger partial charge in [-0.15, -0.1) is 0 Å². The van der Waals surface area contributed by atoms with E-state index in [0.29, 0.717) is 17.2 Å². The van der Waals surface area contributed by atoms with Crippen LogP contribution in [0.1, 0.15) is 51.5 Å². The van der Waals surface area contributed by atoms with Gasteiger partial charge < -0.3 is 10.5 Å². The first-order valence-electron chi connectivity index (χ1n) is 7.42. The number of methoxy groups -OCH3 is 1. The van der Waals surface area contributed by atoms with E-state index in [0.717, 1.165) is 19.3 Å². The first-order valence-corrected chi connectivity index (χ1v) is 7.42. The molecule has 0 bridgehead atoms. The van der Waals surface area contributed by atoms with Crippen LogP contribution in [-0.2, 0) is 0 Å². The molecule has 1 aliphatic rings. The van der Waals surface area contributed by atoms with Gasteiger partial charge in [0.15, 0.2) is 11.6 Å². The highest BCUT2D eigenvalue weighted by molar-refractivity contribution is 5.34. The Kier molecular flexibility index (Phi) is 4.38. The van der Waals surface area contributed by atoms with E-state index >= 15 is 0 Å². The van der Waals surface area contributed by atoms with Crippen LogP contribution in [0, 0.1) is 17.2 Å². The molecule has 1 aromatic rings. The summed E-state index contributed by atoms with van der Waals surface area (Å²) in [7, 11) is 1.50. The summed E-state index contributed by atoms with van der Waals surface area (Å²) in [5.74, 6) is 0.735. The lowest BCUT2D eigenvalue weighted by molar-refractivity contribution is 0.152. The molecule has 0 saturated heterocycles. The average molecular weight is 279 g/mol. The van der Waals surface area contributed by atoms with Gasteiger partial charge in [-0.2, -0.15) is 0 Å². The first kappa shape index (κ1) is 15.3. The van der Waals surface area contributed by atoms with Crippen molar-refractivity contribution in [3.63, 3.8) is 0 Å². The first-order chi connectivity index (χ1) is 9.34. The van der Waals surface area contributed by atoms with Crippen molar-refractivity contribution in [3.05, 3.63) is 29.6 Å². The van der Waals surface area contributed by atoms with Crippen molar-refractivity contribution in [2.75, 3.05) is 7.11 Å². The van der Waals surface area contributed by atoms with E-state index in [1.54, 1.807) is 6.07 Å². The molecule has 1 aromatic carbocycles. The maximum absolute atomic E-state index is 14.5. The normalized spacial score (nSPS) is 27.4. The number of benzene rings is 1. The van der Waals surface area contributed by atoms with Crippen molar-refractivity contribution in [1.29, 1.82) is 0 Å². The molecule has 0 aromatic heterocycles. The van der Waals surface area contributed by atoms with Crippen molar-refractivity contribution >= 4 is 0 Å². The summed E-state index contributed by atoms with van der Waals surface area (Å²) in [6, 6.07) is 5.40. The Morgan fingerprint density at radius 3 is 2.55 bits per heavy atom. The number of ether oxygens (including phenoxy) is 1. The molecule has 3 heteroatoms. The molecule has 3 unspecified atom stereocenters. The summed E-state index contributed by atoms with van der Waals surface area (Å²) in [5, 5.41) is 0. The number of rotatable bonds is 2. The zero-order valence-electron chi connectivity index (χ0n) is 12.9. The Hall–Kier alpha value is -1.09. The van der Waals surface area contributed by atoms with E-state index in [1.807, 2.05) is 12.1 Å². The lowest BCUT2D eigenvalue weighted by Gasteiger charge is -2.41. The summed E-state index contributed by atoms with van der Waals surface area (Å²) < 4.78 is 19.6. The maximum Gasteiger partial charge on any atom is 0.168 e.